The molecule has 4 heteroatoms. The minimum Gasteiger partial charge on any atom is -0.460 e. The quantitative estimate of drug-likeness (QED) is 0.492. The van der Waals surface area contributed by atoms with Gasteiger partial charge in [0.25, 0.3) is 0 Å². The smallest absolute Gasteiger partial charge is 0.303 e. The van der Waals surface area contributed by atoms with Crippen LogP contribution in [0.4, 0.5) is 0 Å². The van der Waals surface area contributed by atoms with Crippen LogP contribution in [-0.2, 0) is 29.0 Å². The molecule has 0 aliphatic heterocycles. The van der Waals surface area contributed by atoms with Gasteiger partial charge in [-0.25, -0.2) is 0 Å². The Morgan fingerprint density at radius 2 is 1.60 bits per heavy atom. The summed E-state index contributed by atoms with van der Waals surface area (Å²) < 4.78 is 4.80. The molecular weight excluding hydrogens is 249 g/mol. The van der Waals surface area contributed by atoms with E-state index in [0.717, 1.165) is 0 Å². The van der Waals surface area contributed by atoms with Crippen molar-refractivity contribution < 1.29 is 29.0 Å². The van der Waals surface area contributed by atoms with Crippen LogP contribution in [0.2, 0.25) is 0 Å². The zero-order valence-corrected chi connectivity index (χ0v) is 11.6. The van der Waals surface area contributed by atoms with E-state index in [-0.39, 0.29) is 48.0 Å². The maximum absolute atomic E-state index is 10.2. The maximum Gasteiger partial charge on any atom is 0.303 e. The summed E-state index contributed by atoms with van der Waals surface area (Å²) >= 11 is 0. The summed E-state index contributed by atoms with van der Waals surface area (Å²) in [4.78, 5) is 10.2. The van der Waals surface area contributed by atoms with E-state index in [0.29, 0.717) is 0 Å². The van der Waals surface area contributed by atoms with Gasteiger partial charge in [0.15, 0.2) is 0 Å². The molecule has 0 aromatic rings. The molecule has 0 aliphatic carbocycles. The minimum atomic E-state index is -0.328. The minimum absolute atomic E-state index is 0. The van der Waals surface area contributed by atoms with E-state index in [2.05, 4.69) is 0 Å². The molecule has 0 saturated carbocycles. The van der Waals surface area contributed by atoms with Crippen molar-refractivity contribution in [3.8, 4) is 0 Å². The third-order valence-electron chi connectivity index (χ3n) is 0.450. The van der Waals surface area contributed by atoms with Gasteiger partial charge in [-0.05, 0) is 20.8 Å². The van der Waals surface area contributed by atoms with Crippen molar-refractivity contribution in [1.82, 2.24) is 0 Å². The Hall–Kier alpha value is 0.573. The van der Waals surface area contributed by atoms with Crippen LogP contribution in [-0.4, -0.2) is 11.6 Å². The van der Waals surface area contributed by atoms with Crippen LogP contribution in [0.1, 0.15) is 27.7 Å². The van der Waals surface area contributed by atoms with Gasteiger partial charge in [0.05, 0.1) is 0 Å². The average Bonchev–Trinajstić information content (AvgIpc) is 1.21. The molecule has 0 spiro atoms. The third-order valence-corrected chi connectivity index (χ3v) is 0.450. The Balaban J connectivity index is -0.000000245. The van der Waals surface area contributed by atoms with Crippen LogP contribution in [0.15, 0.2) is 0 Å². The molecular formula is C6H13BrO2Zn. The standard InChI is InChI=1S/C6H12O2.BrH.Zn/c1-5(7)8-6(2,3)4;;/h1-4H3;1H;. The van der Waals surface area contributed by atoms with E-state index in [4.69, 9.17) is 4.74 Å². The van der Waals surface area contributed by atoms with Crippen molar-refractivity contribution >= 4 is 23.0 Å². The molecule has 2 nitrogen and oxygen atoms in total. The molecule has 0 atom stereocenters. The molecule has 0 radical (unpaired) electrons. The van der Waals surface area contributed by atoms with Crippen molar-refractivity contribution in [3.05, 3.63) is 0 Å². The second kappa shape index (κ2) is 6.29. The molecule has 0 amide bonds. The Labute approximate surface area is 85.2 Å². The van der Waals surface area contributed by atoms with Gasteiger partial charge >= 0.3 is 5.97 Å². The van der Waals surface area contributed by atoms with E-state index in [1.807, 2.05) is 20.8 Å². The molecule has 0 bridgehead atoms. The number of esters is 1. The summed E-state index contributed by atoms with van der Waals surface area (Å²) in [5.74, 6) is -0.225. The van der Waals surface area contributed by atoms with E-state index in [1.54, 1.807) is 0 Å². The number of rotatable bonds is 0. The van der Waals surface area contributed by atoms with Crippen LogP contribution in [0.5, 0.6) is 0 Å². The Kier molecular flexibility index (Phi) is 10.6. The van der Waals surface area contributed by atoms with Gasteiger partial charge in [0, 0.05) is 26.4 Å². The Bertz CT molecular complexity index is 98.4. The van der Waals surface area contributed by atoms with Gasteiger partial charge in [-0.15, -0.1) is 17.0 Å². The summed E-state index contributed by atoms with van der Waals surface area (Å²) in [5, 5.41) is 0. The van der Waals surface area contributed by atoms with E-state index in [9.17, 15) is 4.79 Å². The zero-order chi connectivity index (χ0) is 6.78. The summed E-state index contributed by atoms with van der Waals surface area (Å²) in [6.07, 6.45) is 0. The van der Waals surface area contributed by atoms with Crippen LogP contribution in [0.3, 0.4) is 0 Å². The normalized spacial score (nSPS) is 8.80. The summed E-state index contributed by atoms with van der Waals surface area (Å²) in [5.41, 5.74) is -0.328. The van der Waals surface area contributed by atoms with Gasteiger partial charge in [0.2, 0.25) is 0 Å². The monoisotopic (exact) mass is 260 g/mol. The van der Waals surface area contributed by atoms with Gasteiger partial charge < -0.3 is 4.74 Å². The predicted molar refractivity (Wildman–Crippen MR) is 41.8 cm³/mol. The average molecular weight is 262 g/mol. The number of carbonyl (C=O) groups is 1. The van der Waals surface area contributed by atoms with E-state index >= 15 is 0 Å². The molecule has 0 aromatic carbocycles. The third kappa shape index (κ3) is 15.8. The van der Waals surface area contributed by atoms with E-state index < -0.39 is 0 Å². The molecule has 58 valence electrons. The van der Waals surface area contributed by atoms with Crippen molar-refractivity contribution in [2.24, 2.45) is 0 Å². The van der Waals surface area contributed by atoms with Gasteiger partial charge in [-0.2, -0.15) is 0 Å². The summed E-state index contributed by atoms with van der Waals surface area (Å²) in [6.45, 7) is 6.93. The number of carbonyl (C=O) groups excluding carboxylic acids is 1. The van der Waals surface area contributed by atoms with Gasteiger partial charge in [-0.3, -0.25) is 4.79 Å². The van der Waals surface area contributed by atoms with Crippen LogP contribution in [0.25, 0.3) is 0 Å². The molecule has 0 aliphatic rings. The zero-order valence-electron chi connectivity index (χ0n) is 6.93. The molecule has 10 heavy (non-hydrogen) atoms. The van der Waals surface area contributed by atoms with Crippen molar-refractivity contribution in [2.75, 3.05) is 0 Å². The first-order valence-electron chi connectivity index (χ1n) is 2.61. The molecule has 0 aromatic heterocycles. The Morgan fingerprint density at radius 3 is 1.60 bits per heavy atom. The fourth-order valence-corrected chi connectivity index (χ4v) is 0.431. The van der Waals surface area contributed by atoms with Crippen LogP contribution in [0, 0.1) is 0 Å². The first kappa shape index (κ1) is 16.9. The fourth-order valence-electron chi connectivity index (χ4n) is 0.431. The maximum atomic E-state index is 10.2. The summed E-state index contributed by atoms with van der Waals surface area (Å²) in [7, 11) is 0. The molecule has 0 unspecified atom stereocenters. The molecule has 0 heterocycles. The number of ether oxygens (including phenoxy) is 1. The first-order valence-corrected chi connectivity index (χ1v) is 2.61. The molecule has 0 N–H and O–H groups in total. The summed E-state index contributed by atoms with van der Waals surface area (Å²) in [6, 6.07) is 0. The first-order chi connectivity index (χ1) is 3.42. The van der Waals surface area contributed by atoms with Crippen LogP contribution >= 0.6 is 17.0 Å². The van der Waals surface area contributed by atoms with Crippen LogP contribution < -0.4 is 0 Å². The topological polar surface area (TPSA) is 26.3 Å². The number of halogens is 1. The van der Waals surface area contributed by atoms with E-state index in [1.165, 1.54) is 6.92 Å². The van der Waals surface area contributed by atoms with Gasteiger partial charge in [0.1, 0.15) is 5.60 Å². The number of hydrogen-bond acceptors (Lipinski definition) is 2. The predicted octanol–water partition coefficient (Wildman–Crippen LogP) is 1.92. The molecule has 0 fully saturated rings. The Morgan fingerprint density at radius 1 is 1.30 bits per heavy atom. The van der Waals surface area contributed by atoms with Gasteiger partial charge in [-0.1, -0.05) is 0 Å². The van der Waals surface area contributed by atoms with Crippen molar-refractivity contribution in [2.45, 2.75) is 33.3 Å². The molecule has 0 rings (SSSR count). The molecule has 0 saturated heterocycles. The fraction of sp³-hybridized carbons (Fsp3) is 0.833. The van der Waals surface area contributed by atoms with Crippen molar-refractivity contribution in [3.63, 3.8) is 0 Å². The van der Waals surface area contributed by atoms with Crippen molar-refractivity contribution in [1.29, 1.82) is 0 Å². The SMILES string of the molecule is Br.CC(=O)OC(C)(C)C.[Zn]. The largest absolute Gasteiger partial charge is 0.460 e. The second-order valence-electron chi connectivity index (χ2n) is 2.71. The second-order valence-corrected chi connectivity index (χ2v) is 2.71. The number of hydrogen-bond donors (Lipinski definition) is 0.